The highest BCUT2D eigenvalue weighted by atomic mass is 16.5. The predicted octanol–water partition coefficient (Wildman–Crippen LogP) is 0.0683. The van der Waals surface area contributed by atoms with Gasteiger partial charge in [0.2, 0.25) is 0 Å². The fourth-order valence-corrected chi connectivity index (χ4v) is 1.18. The van der Waals surface area contributed by atoms with E-state index in [1.807, 2.05) is 6.26 Å². The van der Waals surface area contributed by atoms with E-state index in [4.69, 9.17) is 4.74 Å². The highest BCUT2D eigenvalue weighted by Gasteiger charge is 2.18. The molecular weight excluding hydrogens is 116 g/mol. The van der Waals surface area contributed by atoms with E-state index < -0.39 is 0 Å². The highest BCUT2D eigenvalue weighted by molar-refractivity contribution is 5.02. The standard InChI is InChI=1S/C6H10N2O/c1-2-7-4-8-5-9-3-6(1)8/h3,7H,1-2,4-5H2. The maximum absolute atomic E-state index is 5.12. The molecule has 0 aromatic carbocycles. The molecule has 2 heterocycles. The monoisotopic (exact) mass is 126 g/mol. The van der Waals surface area contributed by atoms with Crippen LogP contribution in [0.25, 0.3) is 0 Å². The van der Waals surface area contributed by atoms with Crippen LogP contribution in [0, 0.1) is 0 Å². The van der Waals surface area contributed by atoms with Gasteiger partial charge in [0.15, 0.2) is 6.73 Å². The van der Waals surface area contributed by atoms with Gasteiger partial charge in [0, 0.05) is 13.0 Å². The molecule has 0 bridgehead atoms. The topological polar surface area (TPSA) is 24.5 Å². The molecular formula is C6H10N2O. The summed E-state index contributed by atoms with van der Waals surface area (Å²) < 4.78 is 5.12. The average Bonchev–Trinajstić information content (AvgIpc) is 2.33. The zero-order valence-electron chi connectivity index (χ0n) is 5.26. The fraction of sp³-hybridized carbons (Fsp3) is 0.667. The van der Waals surface area contributed by atoms with Crippen molar-refractivity contribution in [2.45, 2.75) is 6.42 Å². The first-order valence-electron chi connectivity index (χ1n) is 3.23. The van der Waals surface area contributed by atoms with Crippen LogP contribution in [0.2, 0.25) is 0 Å². The van der Waals surface area contributed by atoms with Crippen LogP contribution in [-0.4, -0.2) is 24.8 Å². The van der Waals surface area contributed by atoms with Crippen molar-refractivity contribution in [3.8, 4) is 0 Å². The van der Waals surface area contributed by atoms with Gasteiger partial charge in [-0.2, -0.15) is 0 Å². The molecule has 0 atom stereocenters. The molecule has 0 unspecified atom stereocenters. The van der Waals surface area contributed by atoms with Crippen LogP contribution in [-0.2, 0) is 4.74 Å². The summed E-state index contributed by atoms with van der Waals surface area (Å²) in [5.74, 6) is 0. The van der Waals surface area contributed by atoms with Gasteiger partial charge in [-0.05, 0) is 0 Å². The van der Waals surface area contributed by atoms with Crippen LogP contribution < -0.4 is 5.32 Å². The van der Waals surface area contributed by atoms with E-state index in [1.165, 1.54) is 5.70 Å². The summed E-state index contributed by atoms with van der Waals surface area (Å²) in [6.45, 7) is 2.78. The van der Waals surface area contributed by atoms with Crippen LogP contribution in [0.4, 0.5) is 0 Å². The van der Waals surface area contributed by atoms with Crippen molar-refractivity contribution in [1.82, 2.24) is 10.2 Å². The Bertz CT molecular complexity index is 144. The Morgan fingerprint density at radius 2 is 2.67 bits per heavy atom. The largest absolute Gasteiger partial charge is 0.479 e. The van der Waals surface area contributed by atoms with Crippen LogP contribution in [0.15, 0.2) is 12.0 Å². The molecule has 1 saturated heterocycles. The number of nitrogens with one attached hydrogen (secondary N) is 1. The molecule has 0 amide bonds. The quantitative estimate of drug-likeness (QED) is 0.497. The Morgan fingerprint density at radius 3 is 3.56 bits per heavy atom. The van der Waals surface area contributed by atoms with Crippen LogP contribution in [0.5, 0.6) is 0 Å². The second kappa shape index (κ2) is 1.92. The van der Waals surface area contributed by atoms with Crippen molar-refractivity contribution < 1.29 is 4.74 Å². The predicted molar refractivity (Wildman–Crippen MR) is 33.4 cm³/mol. The van der Waals surface area contributed by atoms with Crippen molar-refractivity contribution in [2.24, 2.45) is 0 Å². The van der Waals surface area contributed by atoms with E-state index in [0.29, 0.717) is 0 Å². The molecule has 0 spiro atoms. The Morgan fingerprint density at radius 1 is 1.67 bits per heavy atom. The van der Waals surface area contributed by atoms with E-state index in [1.54, 1.807) is 0 Å². The lowest BCUT2D eigenvalue weighted by atomic mass is 10.3. The summed E-state index contributed by atoms with van der Waals surface area (Å²) in [4.78, 5) is 2.20. The van der Waals surface area contributed by atoms with E-state index in [9.17, 15) is 0 Å². The van der Waals surface area contributed by atoms with Gasteiger partial charge < -0.3 is 9.64 Å². The van der Waals surface area contributed by atoms with Gasteiger partial charge in [0.05, 0.1) is 12.4 Å². The molecule has 3 heteroatoms. The van der Waals surface area contributed by atoms with Gasteiger partial charge in [-0.15, -0.1) is 0 Å². The molecule has 0 aromatic rings. The summed E-state index contributed by atoms with van der Waals surface area (Å²) in [5.41, 5.74) is 1.34. The Balaban J connectivity index is 2.09. The molecule has 3 nitrogen and oxygen atoms in total. The van der Waals surface area contributed by atoms with Crippen molar-refractivity contribution in [3.63, 3.8) is 0 Å². The van der Waals surface area contributed by atoms with Crippen LogP contribution in [0.3, 0.4) is 0 Å². The molecule has 1 N–H and O–H groups in total. The highest BCUT2D eigenvalue weighted by Crippen LogP contribution is 2.16. The average molecular weight is 126 g/mol. The third-order valence-corrected chi connectivity index (χ3v) is 1.72. The lowest BCUT2D eigenvalue weighted by Crippen LogP contribution is -2.38. The van der Waals surface area contributed by atoms with Crippen molar-refractivity contribution >= 4 is 0 Å². The first kappa shape index (κ1) is 5.11. The number of ether oxygens (including phenoxy) is 1. The second-order valence-electron chi connectivity index (χ2n) is 2.35. The minimum atomic E-state index is 0.738. The Labute approximate surface area is 54.3 Å². The molecule has 9 heavy (non-hydrogen) atoms. The van der Waals surface area contributed by atoms with E-state index in [2.05, 4.69) is 10.2 Å². The first-order valence-corrected chi connectivity index (χ1v) is 3.23. The fourth-order valence-electron chi connectivity index (χ4n) is 1.18. The van der Waals surface area contributed by atoms with Crippen molar-refractivity contribution in [1.29, 1.82) is 0 Å². The third-order valence-electron chi connectivity index (χ3n) is 1.72. The molecule has 2 aliphatic rings. The van der Waals surface area contributed by atoms with Gasteiger partial charge in [-0.25, -0.2) is 0 Å². The third kappa shape index (κ3) is 0.772. The van der Waals surface area contributed by atoms with Gasteiger partial charge in [0.1, 0.15) is 6.26 Å². The summed E-state index contributed by atoms with van der Waals surface area (Å²) in [6.07, 6.45) is 2.97. The van der Waals surface area contributed by atoms with E-state index >= 15 is 0 Å². The molecule has 2 rings (SSSR count). The number of nitrogens with zero attached hydrogens (tertiary/aromatic N) is 1. The number of hydrogen-bond donors (Lipinski definition) is 1. The first-order chi connectivity index (χ1) is 4.47. The Hall–Kier alpha value is -0.700. The normalized spacial score (nSPS) is 24.9. The lowest BCUT2D eigenvalue weighted by Gasteiger charge is -2.25. The number of rotatable bonds is 0. The molecule has 2 aliphatic heterocycles. The maximum Gasteiger partial charge on any atom is 0.161 e. The van der Waals surface area contributed by atoms with Crippen LogP contribution >= 0.6 is 0 Å². The lowest BCUT2D eigenvalue weighted by molar-refractivity contribution is 0.149. The summed E-state index contributed by atoms with van der Waals surface area (Å²) >= 11 is 0. The second-order valence-corrected chi connectivity index (χ2v) is 2.35. The van der Waals surface area contributed by atoms with E-state index in [-0.39, 0.29) is 0 Å². The number of hydrogen-bond acceptors (Lipinski definition) is 3. The summed E-state index contributed by atoms with van der Waals surface area (Å²) in [5, 5.41) is 3.26. The Kier molecular flexibility index (Phi) is 1.09. The van der Waals surface area contributed by atoms with Gasteiger partial charge in [-0.3, -0.25) is 5.32 Å². The molecule has 0 aliphatic carbocycles. The van der Waals surface area contributed by atoms with Crippen molar-refractivity contribution in [3.05, 3.63) is 12.0 Å². The maximum atomic E-state index is 5.12. The summed E-state index contributed by atoms with van der Waals surface area (Å²) in [7, 11) is 0. The molecule has 0 saturated carbocycles. The minimum Gasteiger partial charge on any atom is -0.479 e. The zero-order chi connectivity index (χ0) is 6.10. The van der Waals surface area contributed by atoms with Gasteiger partial charge in [0.25, 0.3) is 0 Å². The number of fused-ring (bicyclic) bond motifs is 1. The SMILES string of the molecule is C1=C2CCNCN2CO1. The zero-order valence-corrected chi connectivity index (χ0v) is 5.26. The molecule has 0 radical (unpaired) electrons. The van der Waals surface area contributed by atoms with Gasteiger partial charge in [-0.1, -0.05) is 0 Å². The smallest absolute Gasteiger partial charge is 0.161 e. The van der Waals surface area contributed by atoms with Gasteiger partial charge >= 0.3 is 0 Å². The van der Waals surface area contributed by atoms with Crippen LogP contribution in [0.1, 0.15) is 6.42 Å². The van der Waals surface area contributed by atoms with Crippen molar-refractivity contribution in [2.75, 3.05) is 19.9 Å². The molecule has 1 fully saturated rings. The molecule has 50 valence electrons. The molecule has 0 aromatic heterocycles. The van der Waals surface area contributed by atoms with E-state index in [0.717, 1.165) is 26.4 Å². The minimum absolute atomic E-state index is 0.738. The summed E-state index contributed by atoms with van der Waals surface area (Å²) in [6, 6.07) is 0.